The quantitative estimate of drug-likeness (QED) is 0.120. The van der Waals surface area contributed by atoms with Gasteiger partial charge in [0.15, 0.2) is 0 Å². The number of aromatic amines is 1. The van der Waals surface area contributed by atoms with Gasteiger partial charge in [0.25, 0.3) is 8.32 Å². The van der Waals surface area contributed by atoms with E-state index in [9.17, 15) is 19.2 Å². The third-order valence-electron chi connectivity index (χ3n) is 11.6. The Labute approximate surface area is 329 Å². The summed E-state index contributed by atoms with van der Waals surface area (Å²) in [4.78, 5) is 60.2. The number of H-pyrrole nitrogens is 1. The number of para-hydroxylation sites is 1. The molecule has 4 rings (SSSR count). The number of hydrogen-bond donors (Lipinski definition) is 3. The molecular weight excluding hydrogens is 709 g/mol. The minimum Gasteiger partial charge on any atom is -0.543 e. The first kappa shape index (κ1) is 43.3. The normalized spacial score (nSPS) is 25.3. The van der Waals surface area contributed by atoms with Gasteiger partial charge in [0.1, 0.15) is 23.9 Å². The summed E-state index contributed by atoms with van der Waals surface area (Å²) in [5, 5.41) is 6.97. The molecule has 3 aromatic rings. The van der Waals surface area contributed by atoms with Gasteiger partial charge in [-0.15, -0.1) is 0 Å². The Bertz CT molecular complexity index is 1810. The Kier molecular flexibility index (Phi) is 14.6. The van der Waals surface area contributed by atoms with Crippen LogP contribution in [0.4, 0.5) is 0 Å². The number of aromatic nitrogens is 1. The highest BCUT2D eigenvalue weighted by molar-refractivity contribution is 6.78. The van der Waals surface area contributed by atoms with E-state index in [1.807, 2.05) is 88.5 Å². The lowest BCUT2D eigenvalue weighted by molar-refractivity contribution is -0.150. The number of allylic oxidation sites excluding steroid dienone is 1. The average molecular weight is 773 g/mol. The van der Waals surface area contributed by atoms with Crippen molar-refractivity contribution in [3.8, 4) is 5.75 Å². The van der Waals surface area contributed by atoms with E-state index in [1.54, 1.807) is 14.0 Å². The zero-order chi connectivity index (χ0) is 40.8. The summed E-state index contributed by atoms with van der Waals surface area (Å²) >= 11 is 0. The van der Waals surface area contributed by atoms with Crippen LogP contribution in [0, 0.1) is 11.8 Å². The smallest absolute Gasteiger partial charge is 0.308 e. The highest BCUT2D eigenvalue weighted by Gasteiger charge is 2.47. The number of esters is 1. The van der Waals surface area contributed by atoms with Gasteiger partial charge in [-0.25, -0.2) is 0 Å². The van der Waals surface area contributed by atoms with Crippen molar-refractivity contribution in [2.45, 2.75) is 136 Å². The van der Waals surface area contributed by atoms with Crippen LogP contribution in [0.15, 0.2) is 66.4 Å². The number of carbonyl (C=O) groups excluding carboxylic acids is 4. The molecule has 1 aliphatic rings. The largest absolute Gasteiger partial charge is 0.543 e. The summed E-state index contributed by atoms with van der Waals surface area (Å²) in [7, 11) is -0.641. The fourth-order valence-electron chi connectivity index (χ4n) is 8.39. The van der Waals surface area contributed by atoms with Crippen molar-refractivity contribution in [1.82, 2.24) is 20.5 Å². The molecule has 0 radical (unpaired) electrons. The van der Waals surface area contributed by atoms with Gasteiger partial charge in [-0.2, -0.15) is 0 Å². The SMILES string of the molecule is C/C1=C\[C@@H](C)[C@@H](C)OC(=O)C[C@H](c2ccc(O[Si](C(C)C)(C(C)C)C(C)C)cc2)NC(=O)[C@@H](Cc2c[nH]c3ccccc23)N(C)C(=O)[C@H](C)NC(=O)[C@@H](C)C1. The molecular formula is C44H64N4O6Si. The van der Waals surface area contributed by atoms with E-state index in [2.05, 4.69) is 57.2 Å². The molecule has 300 valence electrons. The molecule has 0 unspecified atom stereocenters. The number of rotatable bonds is 8. The molecule has 0 bridgehead atoms. The zero-order valence-corrected chi connectivity index (χ0v) is 36.0. The lowest BCUT2D eigenvalue weighted by Gasteiger charge is -2.42. The average Bonchev–Trinajstić information content (AvgIpc) is 3.53. The van der Waals surface area contributed by atoms with Gasteiger partial charge in [-0.3, -0.25) is 19.2 Å². The van der Waals surface area contributed by atoms with E-state index in [4.69, 9.17) is 9.16 Å². The maximum Gasteiger partial charge on any atom is 0.308 e. The van der Waals surface area contributed by atoms with Crippen LogP contribution >= 0.6 is 0 Å². The lowest BCUT2D eigenvalue weighted by atomic mass is 9.96. The monoisotopic (exact) mass is 772 g/mol. The molecule has 11 heteroatoms. The number of cyclic esters (lactones) is 1. The first-order valence-corrected chi connectivity index (χ1v) is 22.1. The predicted molar refractivity (Wildman–Crippen MR) is 222 cm³/mol. The Hall–Kier alpha value is -4.38. The van der Waals surface area contributed by atoms with Crippen LogP contribution in [0.25, 0.3) is 10.9 Å². The maximum atomic E-state index is 14.6. The number of nitrogens with one attached hydrogen (secondary N) is 3. The molecule has 1 aliphatic heterocycles. The van der Waals surface area contributed by atoms with E-state index in [-0.39, 0.29) is 24.7 Å². The Morgan fingerprint density at radius 3 is 2.07 bits per heavy atom. The molecule has 3 N–H and O–H groups in total. The van der Waals surface area contributed by atoms with E-state index < -0.39 is 56.2 Å². The number of fused-ring (bicyclic) bond motifs is 1. The van der Waals surface area contributed by atoms with Crippen LogP contribution in [0.1, 0.15) is 106 Å². The summed E-state index contributed by atoms with van der Waals surface area (Å²) in [6.07, 6.45) is 4.00. The maximum absolute atomic E-state index is 14.6. The van der Waals surface area contributed by atoms with E-state index >= 15 is 0 Å². The van der Waals surface area contributed by atoms with Crippen molar-refractivity contribution in [2.75, 3.05) is 7.05 Å². The third-order valence-corrected chi connectivity index (χ3v) is 17.6. The second kappa shape index (κ2) is 18.5. The van der Waals surface area contributed by atoms with Crippen molar-refractivity contribution in [2.24, 2.45) is 11.8 Å². The van der Waals surface area contributed by atoms with Crippen LogP contribution in [0.5, 0.6) is 5.75 Å². The van der Waals surface area contributed by atoms with E-state index in [0.29, 0.717) is 28.6 Å². The molecule has 1 aromatic heterocycles. The molecule has 2 aromatic carbocycles. The summed E-state index contributed by atoms with van der Waals surface area (Å²) in [6, 6.07) is 12.8. The molecule has 6 atom stereocenters. The lowest BCUT2D eigenvalue weighted by Crippen LogP contribution is -2.55. The molecule has 2 heterocycles. The molecule has 0 saturated carbocycles. The van der Waals surface area contributed by atoms with Crippen molar-refractivity contribution >= 4 is 42.9 Å². The van der Waals surface area contributed by atoms with Crippen LogP contribution < -0.4 is 15.1 Å². The number of carbonyl (C=O) groups is 4. The molecule has 3 amide bonds. The van der Waals surface area contributed by atoms with Crippen LogP contribution in [0.2, 0.25) is 16.6 Å². The summed E-state index contributed by atoms with van der Waals surface area (Å²) in [5.74, 6) is -1.30. The standard InChI is InChI=1S/C44H64N4O6Si/c1-26(2)55(27(3)4,28(5)6)54-36-19-17-34(18-20-36)39-24-41(49)53-33(11)30(8)21-29(7)22-31(9)42(50)46-32(10)44(52)48(12)40(43(51)47-39)23-35-25-45-38-16-14-13-15-37(35)38/h13-21,25-28,30-33,39-40,45H,22-24H2,1-12H3,(H,46,50)(H,47,51)/b29-21+/t30-,31+,32+,33-,39-,40-/m1/s1. The van der Waals surface area contributed by atoms with Crippen molar-refractivity contribution in [3.63, 3.8) is 0 Å². The van der Waals surface area contributed by atoms with Crippen molar-refractivity contribution in [3.05, 3.63) is 77.5 Å². The van der Waals surface area contributed by atoms with Crippen molar-refractivity contribution < 1.29 is 28.3 Å². The number of hydrogen-bond acceptors (Lipinski definition) is 6. The first-order chi connectivity index (χ1) is 25.8. The number of nitrogens with zero attached hydrogens (tertiary/aromatic N) is 1. The molecule has 10 nitrogen and oxygen atoms in total. The van der Waals surface area contributed by atoms with E-state index in [1.165, 1.54) is 4.90 Å². The minimum absolute atomic E-state index is 0.116. The van der Waals surface area contributed by atoms with Gasteiger partial charge in [0.05, 0.1) is 12.5 Å². The highest BCUT2D eigenvalue weighted by atomic mass is 28.4. The van der Waals surface area contributed by atoms with Crippen LogP contribution in [-0.2, 0) is 30.3 Å². The summed E-state index contributed by atoms with van der Waals surface area (Å²) < 4.78 is 12.9. The first-order valence-electron chi connectivity index (χ1n) is 19.9. The predicted octanol–water partition coefficient (Wildman–Crippen LogP) is 8.40. The Balaban J connectivity index is 1.76. The van der Waals surface area contributed by atoms with Crippen molar-refractivity contribution in [1.29, 1.82) is 0 Å². The number of ether oxygens (including phenoxy) is 1. The Morgan fingerprint density at radius 1 is 0.836 bits per heavy atom. The molecule has 0 saturated heterocycles. The summed E-state index contributed by atoms with van der Waals surface area (Å²) in [6.45, 7) is 22.7. The molecule has 0 aliphatic carbocycles. The Morgan fingerprint density at radius 2 is 1.45 bits per heavy atom. The van der Waals surface area contributed by atoms with Gasteiger partial charge < -0.3 is 29.7 Å². The topological polar surface area (TPSA) is 130 Å². The second-order valence-corrected chi connectivity index (χ2v) is 22.1. The summed E-state index contributed by atoms with van der Waals surface area (Å²) in [5.41, 5.74) is 4.64. The van der Waals surface area contributed by atoms with Gasteiger partial charge in [0.2, 0.25) is 17.7 Å². The minimum atomic E-state index is -2.23. The van der Waals surface area contributed by atoms with Gasteiger partial charge in [0, 0.05) is 42.4 Å². The number of likely N-dealkylation sites (N-methyl/N-ethyl adjacent to an activating group) is 1. The highest BCUT2D eigenvalue weighted by Crippen LogP contribution is 2.43. The van der Waals surface area contributed by atoms with Gasteiger partial charge >= 0.3 is 5.97 Å². The van der Waals surface area contributed by atoms with Crippen LogP contribution in [0.3, 0.4) is 0 Å². The van der Waals surface area contributed by atoms with Gasteiger partial charge in [-0.1, -0.05) is 97.4 Å². The zero-order valence-electron chi connectivity index (χ0n) is 35.0. The molecule has 0 fully saturated rings. The molecule has 0 spiro atoms. The van der Waals surface area contributed by atoms with Gasteiger partial charge in [-0.05, 0) is 73.1 Å². The fourth-order valence-corrected chi connectivity index (χ4v) is 13.6. The third kappa shape index (κ3) is 10.3. The number of benzene rings is 2. The van der Waals surface area contributed by atoms with E-state index in [0.717, 1.165) is 27.8 Å². The number of amides is 3. The van der Waals surface area contributed by atoms with Crippen LogP contribution in [-0.4, -0.2) is 67.1 Å². The molecule has 55 heavy (non-hydrogen) atoms. The second-order valence-electron chi connectivity index (χ2n) is 16.7. The fraction of sp³-hybridized carbons (Fsp3) is 0.545.